The highest BCUT2D eigenvalue weighted by molar-refractivity contribution is 6.97. The van der Waals surface area contributed by atoms with Gasteiger partial charge in [-0.05, 0) is 16.4 Å². The first kappa shape index (κ1) is 20.2. The molecule has 1 heterocycles. The lowest BCUT2D eigenvalue weighted by molar-refractivity contribution is -0.120. The normalized spacial score (nSPS) is 25.6. The maximum atomic E-state index is 10.5. The van der Waals surface area contributed by atoms with Gasteiger partial charge in [0, 0.05) is 0 Å². The standard InChI is InChI=1S/C21H28O5Si/c1-2-3-14-27(16-10-6-4-7-11-16,17-12-8-5-9-13-17)26-21-20(24)19(23)18(15-22)25-21/h4-13,18-24H,2-3,14-15H2,1H3/t18-,19-,20-,21?/m1/s1. The molecular formula is C21H28O5Si. The highest BCUT2D eigenvalue weighted by Crippen LogP contribution is 2.27. The Labute approximate surface area is 161 Å². The minimum Gasteiger partial charge on any atom is -0.394 e. The molecule has 146 valence electrons. The van der Waals surface area contributed by atoms with Crippen LogP contribution in [0, 0.1) is 0 Å². The van der Waals surface area contributed by atoms with Crippen LogP contribution in [0.15, 0.2) is 60.7 Å². The Morgan fingerprint density at radius 3 is 1.93 bits per heavy atom. The molecule has 5 nitrogen and oxygen atoms in total. The number of hydrogen-bond acceptors (Lipinski definition) is 5. The molecule has 0 bridgehead atoms. The molecule has 27 heavy (non-hydrogen) atoms. The van der Waals surface area contributed by atoms with Crippen molar-refractivity contribution in [2.45, 2.75) is 50.4 Å². The van der Waals surface area contributed by atoms with Crippen LogP contribution < -0.4 is 10.4 Å². The lowest BCUT2D eigenvalue weighted by Gasteiger charge is -2.35. The molecule has 2 aromatic rings. The summed E-state index contributed by atoms with van der Waals surface area (Å²) in [5.41, 5.74) is 0. The van der Waals surface area contributed by atoms with Crippen LogP contribution in [0.3, 0.4) is 0 Å². The SMILES string of the molecule is CCCC[Si](OC1O[C@H](CO)[C@@H](O)[C@H]1O)(c1ccccc1)c1ccccc1. The molecule has 3 rings (SSSR count). The largest absolute Gasteiger partial charge is 0.394 e. The first-order chi connectivity index (χ1) is 13.1. The van der Waals surface area contributed by atoms with Crippen molar-refractivity contribution in [2.24, 2.45) is 0 Å². The van der Waals surface area contributed by atoms with Crippen molar-refractivity contribution in [1.29, 1.82) is 0 Å². The van der Waals surface area contributed by atoms with Gasteiger partial charge in [-0.1, -0.05) is 80.4 Å². The Balaban J connectivity index is 2.03. The van der Waals surface area contributed by atoms with E-state index in [9.17, 15) is 15.3 Å². The Kier molecular flexibility index (Phi) is 6.81. The Hall–Kier alpha value is -1.54. The van der Waals surface area contributed by atoms with Crippen LogP contribution in [0.1, 0.15) is 19.8 Å². The van der Waals surface area contributed by atoms with E-state index in [1.54, 1.807) is 0 Å². The average Bonchev–Trinajstić information content (AvgIpc) is 3.00. The monoisotopic (exact) mass is 388 g/mol. The van der Waals surface area contributed by atoms with Crippen molar-refractivity contribution in [3.8, 4) is 0 Å². The number of benzene rings is 2. The lowest BCUT2D eigenvalue weighted by Crippen LogP contribution is -2.63. The van der Waals surface area contributed by atoms with E-state index in [-0.39, 0.29) is 6.61 Å². The molecule has 0 radical (unpaired) electrons. The zero-order valence-electron chi connectivity index (χ0n) is 15.6. The van der Waals surface area contributed by atoms with Crippen LogP contribution in [-0.4, -0.2) is 54.8 Å². The van der Waals surface area contributed by atoms with E-state index in [0.29, 0.717) is 0 Å². The van der Waals surface area contributed by atoms with E-state index in [1.165, 1.54) is 0 Å². The second-order valence-electron chi connectivity index (χ2n) is 6.99. The maximum absolute atomic E-state index is 10.5. The molecular weight excluding hydrogens is 360 g/mol. The van der Waals surface area contributed by atoms with Crippen molar-refractivity contribution in [1.82, 2.24) is 0 Å². The summed E-state index contributed by atoms with van der Waals surface area (Å²) in [6.45, 7) is 1.78. The topological polar surface area (TPSA) is 79.2 Å². The van der Waals surface area contributed by atoms with Crippen molar-refractivity contribution >= 4 is 18.7 Å². The van der Waals surface area contributed by atoms with Gasteiger partial charge in [0.1, 0.15) is 18.3 Å². The summed E-state index contributed by atoms with van der Waals surface area (Å²) < 4.78 is 12.3. The van der Waals surface area contributed by atoms with Gasteiger partial charge in [-0.2, -0.15) is 0 Å². The molecule has 6 heteroatoms. The lowest BCUT2D eigenvalue weighted by atomic mass is 10.1. The second kappa shape index (κ2) is 9.10. The molecule has 0 aromatic heterocycles. The summed E-state index contributed by atoms with van der Waals surface area (Å²) in [5, 5.41) is 32.2. The van der Waals surface area contributed by atoms with Gasteiger partial charge in [-0.25, -0.2) is 0 Å². The average molecular weight is 389 g/mol. The predicted octanol–water partition coefficient (Wildman–Crippen LogP) is 1.00. The van der Waals surface area contributed by atoms with Gasteiger partial charge in [0.2, 0.25) is 0 Å². The van der Waals surface area contributed by atoms with E-state index in [0.717, 1.165) is 29.3 Å². The number of unbranched alkanes of at least 4 members (excludes halogenated alkanes) is 1. The van der Waals surface area contributed by atoms with Crippen LogP contribution in [-0.2, 0) is 9.16 Å². The third-order valence-corrected chi connectivity index (χ3v) is 9.40. The fraction of sp³-hybridized carbons (Fsp3) is 0.429. The molecule has 1 aliphatic heterocycles. The van der Waals surface area contributed by atoms with Gasteiger partial charge in [0.25, 0.3) is 8.32 Å². The maximum Gasteiger partial charge on any atom is 0.259 e. The summed E-state index contributed by atoms with van der Waals surface area (Å²) in [7, 11) is -2.73. The molecule has 0 spiro atoms. The predicted molar refractivity (Wildman–Crippen MR) is 106 cm³/mol. The van der Waals surface area contributed by atoms with Gasteiger partial charge in [0.05, 0.1) is 6.61 Å². The Bertz CT molecular complexity index is 657. The number of aliphatic hydroxyl groups excluding tert-OH is 3. The third kappa shape index (κ3) is 4.16. The molecule has 4 atom stereocenters. The number of rotatable bonds is 8. The summed E-state index contributed by atoms with van der Waals surface area (Å²) in [6, 6.07) is 21.0. The van der Waals surface area contributed by atoms with Crippen molar-refractivity contribution in [2.75, 3.05) is 6.61 Å². The Morgan fingerprint density at radius 1 is 0.926 bits per heavy atom. The highest BCUT2D eigenvalue weighted by Gasteiger charge is 2.49. The highest BCUT2D eigenvalue weighted by atomic mass is 28.4. The quantitative estimate of drug-likeness (QED) is 0.588. The zero-order chi connectivity index (χ0) is 19.3. The van der Waals surface area contributed by atoms with Crippen LogP contribution in [0.4, 0.5) is 0 Å². The fourth-order valence-electron chi connectivity index (χ4n) is 3.65. The first-order valence-electron chi connectivity index (χ1n) is 9.53. The van der Waals surface area contributed by atoms with Crippen LogP contribution >= 0.6 is 0 Å². The van der Waals surface area contributed by atoms with E-state index >= 15 is 0 Å². The summed E-state index contributed by atoms with van der Waals surface area (Å²) >= 11 is 0. The van der Waals surface area contributed by atoms with E-state index in [1.807, 2.05) is 36.4 Å². The van der Waals surface area contributed by atoms with Crippen molar-refractivity contribution in [3.63, 3.8) is 0 Å². The molecule has 0 aliphatic carbocycles. The van der Waals surface area contributed by atoms with Gasteiger partial charge >= 0.3 is 0 Å². The molecule has 1 fully saturated rings. The molecule has 0 saturated carbocycles. The fourth-order valence-corrected chi connectivity index (χ4v) is 7.86. The molecule has 0 amide bonds. The van der Waals surface area contributed by atoms with Crippen LogP contribution in [0.5, 0.6) is 0 Å². The van der Waals surface area contributed by atoms with Crippen LogP contribution in [0.25, 0.3) is 0 Å². The summed E-state index contributed by atoms with van der Waals surface area (Å²) in [6.07, 6.45) is -2.17. The zero-order valence-corrected chi connectivity index (χ0v) is 16.6. The summed E-state index contributed by atoms with van der Waals surface area (Å²) in [4.78, 5) is 0. The van der Waals surface area contributed by atoms with Crippen LogP contribution in [0.2, 0.25) is 6.04 Å². The minimum atomic E-state index is -2.73. The van der Waals surface area contributed by atoms with Gasteiger partial charge in [-0.15, -0.1) is 0 Å². The summed E-state index contributed by atoms with van der Waals surface area (Å²) in [5.74, 6) is 0. The van der Waals surface area contributed by atoms with Gasteiger partial charge < -0.3 is 24.5 Å². The molecule has 1 saturated heterocycles. The second-order valence-corrected chi connectivity index (χ2v) is 10.5. The smallest absolute Gasteiger partial charge is 0.259 e. The third-order valence-electron chi connectivity index (χ3n) is 5.18. The van der Waals surface area contributed by atoms with Crippen molar-refractivity contribution < 1.29 is 24.5 Å². The molecule has 1 unspecified atom stereocenters. The Morgan fingerprint density at radius 2 is 1.48 bits per heavy atom. The molecule has 2 aromatic carbocycles. The van der Waals surface area contributed by atoms with Gasteiger partial charge in [-0.3, -0.25) is 0 Å². The first-order valence-corrected chi connectivity index (χ1v) is 11.6. The number of hydrogen-bond donors (Lipinski definition) is 3. The number of ether oxygens (including phenoxy) is 1. The minimum absolute atomic E-state index is 0.363. The van der Waals surface area contributed by atoms with E-state index in [4.69, 9.17) is 9.16 Å². The van der Waals surface area contributed by atoms with E-state index < -0.39 is 32.9 Å². The number of aliphatic hydroxyl groups is 3. The molecule has 3 N–H and O–H groups in total. The molecule has 1 aliphatic rings. The van der Waals surface area contributed by atoms with E-state index in [2.05, 4.69) is 31.2 Å². The van der Waals surface area contributed by atoms with Crippen molar-refractivity contribution in [3.05, 3.63) is 60.7 Å². The van der Waals surface area contributed by atoms with Gasteiger partial charge in [0.15, 0.2) is 6.29 Å².